The molecular formula is C27H29BrN4O6. The molecule has 1 N–H and O–H groups in total. The molecule has 10 nitrogen and oxygen atoms in total. The predicted molar refractivity (Wildman–Crippen MR) is 146 cm³/mol. The lowest BCUT2D eigenvalue weighted by atomic mass is 10.1. The molecule has 3 aromatic rings. The van der Waals surface area contributed by atoms with Gasteiger partial charge in [0.25, 0.3) is 0 Å². The molecular weight excluding hydrogens is 556 g/mol. The van der Waals surface area contributed by atoms with Crippen LogP contribution >= 0.6 is 15.9 Å². The van der Waals surface area contributed by atoms with Gasteiger partial charge < -0.3 is 33.7 Å². The number of anilines is 2. The number of methoxy groups -OCH3 is 2. The van der Waals surface area contributed by atoms with Crippen LogP contribution in [0, 0.1) is 11.8 Å². The van der Waals surface area contributed by atoms with Crippen LogP contribution in [0.3, 0.4) is 0 Å². The number of fused-ring (bicyclic) bond motifs is 2. The van der Waals surface area contributed by atoms with Gasteiger partial charge in [0.2, 0.25) is 6.79 Å². The van der Waals surface area contributed by atoms with Gasteiger partial charge in [-0.1, -0.05) is 11.8 Å². The zero-order valence-corrected chi connectivity index (χ0v) is 22.9. The molecule has 2 aliphatic heterocycles. The molecule has 38 heavy (non-hydrogen) atoms. The van der Waals surface area contributed by atoms with E-state index in [-0.39, 0.29) is 6.79 Å². The number of morpholine rings is 1. The van der Waals surface area contributed by atoms with Crippen LogP contribution in [0.15, 0.2) is 29.0 Å². The lowest BCUT2D eigenvalue weighted by Gasteiger charge is -2.26. The molecule has 200 valence electrons. The van der Waals surface area contributed by atoms with Crippen molar-refractivity contribution in [1.29, 1.82) is 0 Å². The monoisotopic (exact) mass is 584 g/mol. The standard InChI is InChI=1S/C27H29BrN4O6/c1-33-9-3-5-18-13-20(28)24(26-25(18)37-17-38-26)31-27-19-14-22(34-2)23(15-21(19)29-16-30-27)36-10-4-6-32-7-11-35-12-8-32/h13-16H,4,6-12,17H2,1-2H3,(H,29,30,31). The Hall–Kier alpha value is -3.30. The zero-order valence-electron chi connectivity index (χ0n) is 21.3. The van der Waals surface area contributed by atoms with E-state index in [1.807, 2.05) is 18.2 Å². The first kappa shape index (κ1) is 26.3. The Bertz CT molecular complexity index is 1350. The first-order chi connectivity index (χ1) is 18.7. The van der Waals surface area contributed by atoms with E-state index in [1.165, 1.54) is 6.33 Å². The number of nitrogens with zero attached hydrogens (tertiary/aromatic N) is 3. The van der Waals surface area contributed by atoms with Gasteiger partial charge in [-0.3, -0.25) is 4.90 Å². The molecule has 5 rings (SSSR count). The third kappa shape index (κ3) is 5.89. The summed E-state index contributed by atoms with van der Waals surface area (Å²) >= 11 is 3.64. The number of ether oxygens (including phenoxy) is 6. The molecule has 1 aromatic heterocycles. The first-order valence-electron chi connectivity index (χ1n) is 12.3. The quantitative estimate of drug-likeness (QED) is 0.294. The molecule has 0 radical (unpaired) electrons. The van der Waals surface area contributed by atoms with Gasteiger partial charge in [-0.15, -0.1) is 0 Å². The van der Waals surface area contributed by atoms with Gasteiger partial charge in [0.15, 0.2) is 23.0 Å². The van der Waals surface area contributed by atoms with Crippen molar-refractivity contribution in [3.8, 4) is 34.8 Å². The molecule has 0 saturated carbocycles. The number of benzene rings is 2. The average Bonchev–Trinajstić information content (AvgIpc) is 3.43. The number of nitrogens with one attached hydrogen (secondary N) is 1. The highest BCUT2D eigenvalue weighted by atomic mass is 79.9. The van der Waals surface area contributed by atoms with E-state index in [9.17, 15) is 0 Å². The number of halogens is 1. The largest absolute Gasteiger partial charge is 0.493 e. The van der Waals surface area contributed by atoms with E-state index >= 15 is 0 Å². The predicted octanol–water partition coefficient (Wildman–Crippen LogP) is 3.97. The van der Waals surface area contributed by atoms with E-state index in [1.54, 1.807) is 14.2 Å². The molecule has 0 atom stereocenters. The normalized spacial score (nSPS) is 14.7. The Morgan fingerprint density at radius 3 is 2.74 bits per heavy atom. The topological polar surface area (TPSA) is 96.4 Å². The second-order valence-electron chi connectivity index (χ2n) is 8.60. The summed E-state index contributed by atoms with van der Waals surface area (Å²) in [5, 5.41) is 4.15. The van der Waals surface area contributed by atoms with Crippen molar-refractivity contribution in [3.63, 3.8) is 0 Å². The fraction of sp³-hybridized carbons (Fsp3) is 0.407. The summed E-state index contributed by atoms with van der Waals surface area (Å²) in [6, 6.07) is 5.64. The van der Waals surface area contributed by atoms with Crippen molar-refractivity contribution in [2.75, 3.05) is 72.4 Å². The molecule has 1 saturated heterocycles. The van der Waals surface area contributed by atoms with Crippen LogP contribution in [0.2, 0.25) is 0 Å². The third-order valence-electron chi connectivity index (χ3n) is 6.18. The minimum absolute atomic E-state index is 0.101. The SMILES string of the molecule is COCC#Cc1cc(Br)c(Nc2ncnc3cc(OCCCN4CCOCC4)c(OC)cc23)c2c1OCO2. The summed E-state index contributed by atoms with van der Waals surface area (Å²) in [6.45, 7) is 5.48. The van der Waals surface area contributed by atoms with Crippen LogP contribution in [0.1, 0.15) is 12.0 Å². The van der Waals surface area contributed by atoms with Crippen molar-refractivity contribution in [1.82, 2.24) is 14.9 Å². The van der Waals surface area contributed by atoms with Crippen LogP contribution in [0.4, 0.5) is 11.5 Å². The highest BCUT2D eigenvalue weighted by molar-refractivity contribution is 9.10. The summed E-state index contributed by atoms with van der Waals surface area (Å²) in [5.74, 6) is 8.98. The Morgan fingerprint density at radius 1 is 1.08 bits per heavy atom. The van der Waals surface area contributed by atoms with E-state index in [4.69, 9.17) is 28.4 Å². The molecule has 2 aromatic carbocycles. The number of hydrogen-bond acceptors (Lipinski definition) is 10. The summed E-state index contributed by atoms with van der Waals surface area (Å²) in [5.41, 5.74) is 2.10. The molecule has 0 spiro atoms. The third-order valence-corrected chi connectivity index (χ3v) is 6.80. The second-order valence-corrected chi connectivity index (χ2v) is 9.46. The minimum Gasteiger partial charge on any atom is -0.493 e. The van der Waals surface area contributed by atoms with Crippen molar-refractivity contribution in [2.45, 2.75) is 6.42 Å². The van der Waals surface area contributed by atoms with E-state index < -0.39 is 0 Å². The summed E-state index contributed by atoms with van der Waals surface area (Å²) < 4.78 is 34.4. The highest BCUT2D eigenvalue weighted by Crippen LogP contribution is 2.47. The van der Waals surface area contributed by atoms with Crippen LogP contribution in [-0.4, -0.2) is 81.9 Å². The van der Waals surface area contributed by atoms with Gasteiger partial charge in [0.1, 0.15) is 24.4 Å². The molecule has 2 aliphatic rings. The lowest BCUT2D eigenvalue weighted by Crippen LogP contribution is -2.37. The Morgan fingerprint density at radius 2 is 1.92 bits per heavy atom. The fourth-order valence-corrected chi connectivity index (χ4v) is 4.81. The van der Waals surface area contributed by atoms with Crippen molar-refractivity contribution >= 4 is 38.3 Å². The van der Waals surface area contributed by atoms with Crippen molar-refractivity contribution in [2.24, 2.45) is 0 Å². The number of aromatic nitrogens is 2. The molecule has 0 aliphatic carbocycles. The maximum atomic E-state index is 6.09. The van der Waals surface area contributed by atoms with Gasteiger partial charge >= 0.3 is 0 Å². The van der Waals surface area contributed by atoms with Gasteiger partial charge in [-0.05, 0) is 34.5 Å². The molecule has 1 fully saturated rings. The average molecular weight is 585 g/mol. The van der Waals surface area contributed by atoms with Crippen molar-refractivity contribution < 1.29 is 28.4 Å². The van der Waals surface area contributed by atoms with Crippen LogP contribution in [0.25, 0.3) is 10.9 Å². The summed E-state index contributed by atoms with van der Waals surface area (Å²) in [4.78, 5) is 11.3. The molecule has 0 unspecified atom stereocenters. The minimum atomic E-state index is 0.101. The molecule has 3 heterocycles. The van der Waals surface area contributed by atoms with Gasteiger partial charge in [0, 0.05) is 42.7 Å². The van der Waals surface area contributed by atoms with Gasteiger partial charge in [0.05, 0.1) is 38.0 Å². The highest BCUT2D eigenvalue weighted by Gasteiger charge is 2.25. The molecule has 11 heteroatoms. The van der Waals surface area contributed by atoms with E-state index in [0.29, 0.717) is 53.3 Å². The van der Waals surface area contributed by atoms with E-state index in [0.717, 1.165) is 54.6 Å². The van der Waals surface area contributed by atoms with Gasteiger partial charge in [-0.25, -0.2) is 9.97 Å². The smallest absolute Gasteiger partial charge is 0.231 e. The number of rotatable bonds is 9. The number of hydrogen-bond donors (Lipinski definition) is 1. The Labute approximate surface area is 229 Å². The van der Waals surface area contributed by atoms with Crippen LogP contribution in [-0.2, 0) is 9.47 Å². The van der Waals surface area contributed by atoms with E-state index in [2.05, 4.69) is 48.0 Å². The molecule has 0 bridgehead atoms. The Balaban J connectivity index is 1.37. The van der Waals surface area contributed by atoms with Gasteiger partial charge in [-0.2, -0.15) is 0 Å². The maximum Gasteiger partial charge on any atom is 0.231 e. The lowest BCUT2D eigenvalue weighted by molar-refractivity contribution is 0.0357. The van der Waals surface area contributed by atoms with Crippen molar-refractivity contribution in [3.05, 3.63) is 34.6 Å². The first-order valence-corrected chi connectivity index (χ1v) is 13.1. The summed E-state index contributed by atoms with van der Waals surface area (Å²) in [7, 11) is 3.22. The Kier molecular flexibility index (Phi) is 8.65. The summed E-state index contributed by atoms with van der Waals surface area (Å²) in [6.07, 6.45) is 2.42. The second kappa shape index (κ2) is 12.5. The molecule has 0 amide bonds. The van der Waals surface area contributed by atoms with Crippen LogP contribution in [0.5, 0.6) is 23.0 Å². The maximum absolute atomic E-state index is 6.09. The fourth-order valence-electron chi connectivity index (χ4n) is 4.30. The van der Waals surface area contributed by atoms with Crippen LogP contribution < -0.4 is 24.3 Å². The zero-order chi connectivity index (χ0) is 26.3.